The first-order valence-corrected chi connectivity index (χ1v) is 5.66. The van der Waals surface area contributed by atoms with E-state index >= 15 is 0 Å². The molecule has 1 saturated carbocycles. The molecule has 0 radical (unpaired) electrons. The standard InChI is InChI=1S/C10H15ClN4O/c1-16-5-4-13-10-7(12)8(11)14-9(15-10)6-2-3-6/h6H,2-5,12H2,1H3,(H,13,14,15). The molecule has 0 bridgehead atoms. The predicted octanol–water partition coefficient (Wildman–Crippen LogP) is 1.65. The van der Waals surface area contributed by atoms with Gasteiger partial charge in [0.15, 0.2) is 11.0 Å². The molecule has 1 aromatic rings. The predicted molar refractivity (Wildman–Crippen MR) is 63.8 cm³/mol. The number of hydrogen-bond donors (Lipinski definition) is 2. The summed E-state index contributed by atoms with van der Waals surface area (Å²) in [5.74, 6) is 1.86. The molecule has 0 spiro atoms. The Balaban J connectivity index is 2.14. The van der Waals surface area contributed by atoms with E-state index in [1.807, 2.05) is 0 Å². The first kappa shape index (κ1) is 11.4. The highest BCUT2D eigenvalue weighted by Gasteiger charge is 2.28. The van der Waals surface area contributed by atoms with E-state index in [2.05, 4.69) is 15.3 Å². The highest BCUT2D eigenvalue weighted by atomic mass is 35.5. The van der Waals surface area contributed by atoms with Crippen LogP contribution in [0.1, 0.15) is 24.6 Å². The van der Waals surface area contributed by atoms with E-state index in [0.717, 1.165) is 18.7 Å². The summed E-state index contributed by atoms with van der Waals surface area (Å²) < 4.78 is 4.94. The summed E-state index contributed by atoms with van der Waals surface area (Å²) in [6, 6.07) is 0. The number of halogens is 1. The van der Waals surface area contributed by atoms with Crippen molar-refractivity contribution in [3.8, 4) is 0 Å². The van der Waals surface area contributed by atoms with Crippen LogP contribution in [-0.4, -0.2) is 30.2 Å². The lowest BCUT2D eigenvalue weighted by Gasteiger charge is -2.10. The van der Waals surface area contributed by atoms with Gasteiger partial charge in [-0.2, -0.15) is 0 Å². The molecule has 3 N–H and O–H groups in total. The van der Waals surface area contributed by atoms with Gasteiger partial charge in [-0.05, 0) is 12.8 Å². The molecule has 1 aliphatic rings. The third-order valence-electron chi connectivity index (χ3n) is 2.46. The van der Waals surface area contributed by atoms with Crippen molar-refractivity contribution >= 4 is 23.1 Å². The fraction of sp³-hybridized carbons (Fsp3) is 0.600. The third kappa shape index (κ3) is 2.54. The maximum Gasteiger partial charge on any atom is 0.157 e. The van der Waals surface area contributed by atoms with Crippen LogP contribution in [0.3, 0.4) is 0 Å². The molecule has 88 valence electrons. The second-order valence-electron chi connectivity index (χ2n) is 3.83. The summed E-state index contributed by atoms with van der Waals surface area (Å²) in [5, 5.41) is 3.42. The summed E-state index contributed by atoms with van der Waals surface area (Å²) in [7, 11) is 1.65. The van der Waals surface area contributed by atoms with Gasteiger partial charge >= 0.3 is 0 Å². The van der Waals surface area contributed by atoms with Crippen LogP contribution in [0.15, 0.2) is 0 Å². The maximum atomic E-state index is 5.96. The number of nitrogen functional groups attached to an aromatic ring is 1. The molecular weight excluding hydrogens is 228 g/mol. The van der Waals surface area contributed by atoms with Crippen molar-refractivity contribution in [1.29, 1.82) is 0 Å². The van der Waals surface area contributed by atoms with E-state index in [1.165, 1.54) is 0 Å². The minimum absolute atomic E-state index is 0.330. The second-order valence-corrected chi connectivity index (χ2v) is 4.19. The van der Waals surface area contributed by atoms with Crippen LogP contribution in [0.4, 0.5) is 11.5 Å². The molecule has 0 unspecified atom stereocenters. The average Bonchev–Trinajstić information content (AvgIpc) is 3.08. The summed E-state index contributed by atoms with van der Waals surface area (Å²) in [6.45, 7) is 1.25. The van der Waals surface area contributed by atoms with Crippen molar-refractivity contribution < 1.29 is 4.74 Å². The number of nitrogens with zero attached hydrogens (tertiary/aromatic N) is 2. The van der Waals surface area contributed by atoms with Crippen LogP contribution in [0.5, 0.6) is 0 Å². The normalized spacial score (nSPS) is 15.1. The fourth-order valence-corrected chi connectivity index (χ4v) is 1.56. The molecule has 1 heterocycles. The number of rotatable bonds is 5. The van der Waals surface area contributed by atoms with Crippen LogP contribution in [0.2, 0.25) is 5.15 Å². The Morgan fingerprint density at radius 2 is 2.25 bits per heavy atom. The van der Waals surface area contributed by atoms with Gasteiger partial charge in [0.25, 0.3) is 0 Å². The Morgan fingerprint density at radius 3 is 2.88 bits per heavy atom. The molecule has 0 saturated heterocycles. The van der Waals surface area contributed by atoms with E-state index in [0.29, 0.717) is 35.7 Å². The molecule has 1 fully saturated rings. The molecule has 1 aromatic heterocycles. The van der Waals surface area contributed by atoms with Crippen molar-refractivity contribution in [2.45, 2.75) is 18.8 Å². The number of methoxy groups -OCH3 is 1. The quantitative estimate of drug-likeness (QED) is 0.607. The van der Waals surface area contributed by atoms with Gasteiger partial charge in [-0.3, -0.25) is 0 Å². The number of ether oxygens (including phenoxy) is 1. The summed E-state index contributed by atoms with van der Waals surface area (Å²) >= 11 is 5.96. The molecule has 0 atom stereocenters. The van der Waals surface area contributed by atoms with Gasteiger partial charge in [0.1, 0.15) is 11.5 Å². The van der Waals surface area contributed by atoms with Crippen LogP contribution in [-0.2, 0) is 4.74 Å². The lowest BCUT2D eigenvalue weighted by atomic mass is 10.3. The summed E-state index contributed by atoms with van der Waals surface area (Å²) in [4.78, 5) is 8.56. The highest BCUT2D eigenvalue weighted by Crippen LogP contribution is 2.39. The average molecular weight is 243 g/mol. The molecule has 0 aromatic carbocycles. The molecule has 16 heavy (non-hydrogen) atoms. The summed E-state index contributed by atoms with van der Waals surface area (Å²) in [5.41, 5.74) is 6.20. The zero-order valence-electron chi connectivity index (χ0n) is 9.16. The van der Waals surface area contributed by atoms with Gasteiger partial charge in [0.2, 0.25) is 0 Å². The molecular formula is C10H15ClN4O. The zero-order chi connectivity index (χ0) is 11.5. The number of anilines is 2. The van der Waals surface area contributed by atoms with Crippen LogP contribution in [0, 0.1) is 0 Å². The lowest BCUT2D eigenvalue weighted by Crippen LogP contribution is -2.12. The molecule has 6 heteroatoms. The Labute approximate surface area is 99.4 Å². The number of nitrogens with one attached hydrogen (secondary N) is 1. The van der Waals surface area contributed by atoms with Gasteiger partial charge in [-0.1, -0.05) is 11.6 Å². The maximum absolute atomic E-state index is 5.96. The van der Waals surface area contributed by atoms with Crippen molar-refractivity contribution in [3.63, 3.8) is 0 Å². The van der Waals surface area contributed by atoms with Crippen LogP contribution in [0.25, 0.3) is 0 Å². The minimum atomic E-state index is 0.330. The van der Waals surface area contributed by atoms with Crippen molar-refractivity contribution in [3.05, 3.63) is 11.0 Å². The van der Waals surface area contributed by atoms with E-state index < -0.39 is 0 Å². The van der Waals surface area contributed by atoms with Crippen LogP contribution >= 0.6 is 11.6 Å². The molecule has 0 amide bonds. The Bertz CT molecular complexity index is 381. The van der Waals surface area contributed by atoms with Crippen molar-refractivity contribution in [2.24, 2.45) is 0 Å². The molecule has 0 aliphatic heterocycles. The van der Waals surface area contributed by atoms with Gasteiger partial charge in [0.05, 0.1) is 6.61 Å². The van der Waals surface area contributed by atoms with E-state index in [4.69, 9.17) is 22.1 Å². The lowest BCUT2D eigenvalue weighted by molar-refractivity contribution is 0.210. The topological polar surface area (TPSA) is 73.1 Å². The number of aromatic nitrogens is 2. The number of nitrogens with two attached hydrogens (primary N) is 1. The first-order chi connectivity index (χ1) is 7.72. The monoisotopic (exact) mass is 242 g/mol. The van der Waals surface area contributed by atoms with Gasteiger partial charge in [-0.25, -0.2) is 9.97 Å². The summed E-state index contributed by atoms with van der Waals surface area (Å²) in [6.07, 6.45) is 2.27. The van der Waals surface area contributed by atoms with Gasteiger partial charge < -0.3 is 15.8 Å². The number of hydrogen-bond acceptors (Lipinski definition) is 5. The second kappa shape index (κ2) is 4.84. The van der Waals surface area contributed by atoms with Crippen molar-refractivity contribution in [1.82, 2.24) is 9.97 Å². The molecule has 2 rings (SSSR count). The third-order valence-corrected chi connectivity index (χ3v) is 2.75. The van der Waals surface area contributed by atoms with Crippen LogP contribution < -0.4 is 11.1 Å². The van der Waals surface area contributed by atoms with Crippen molar-refractivity contribution in [2.75, 3.05) is 31.3 Å². The van der Waals surface area contributed by atoms with Gasteiger partial charge in [0, 0.05) is 19.6 Å². The van der Waals surface area contributed by atoms with Gasteiger partial charge in [-0.15, -0.1) is 0 Å². The molecule has 5 nitrogen and oxygen atoms in total. The fourth-order valence-electron chi connectivity index (χ4n) is 1.39. The Morgan fingerprint density at radius 1 is 1.50 bits per heavy atom. The largest absolute Gasteiger partial charge is 0.393 e. The first-order valence-electron chi connectivity index (χ1n) is 5.28. The van der Waals surface area contributed by atoms with E-state index in [-0.39, 0.29) is 0 Å². The van der Waals surface area contributed by atoms with E-state index in [9.17, 15) is 0 Å². The Kier molecular flexibility index (Phi) is 3.46. The Hall–Kier alpha value is -1.07. The smallest absolute Gasteiger partial charge is 0.157 e. The van der Waals surface area contributed by atoms with E-state index in [1.54, 1.807) is 7.11 Å². The SMILES string of the molecule is COCCNc1nc(C2CC2)nc(Cl)c1N. The minimum Gasteiger partial charge on any atom is -0.393 e. The highest BCUT2D eigenvalue weighted by molar-refractivity contribution is 6.32. The zero-order valence-corrected chi connectivity index (χ0v) is 9.92. The molecule has 1 aliphatic carbocycles.